The summed E-state index contributed by atoms with van der Waals surface area (Å²) in [6, 6.07) is 3.64. The Balaban J connectivity index is 2.31. The van der Waals surface area contributed by atoms with Crippen LogP contribution in [0.3, 0.4) is 0 Å². The number of hydrogen-bond acceptors (Lipinski definition) is 4. The molecule has 2 heterocycles. The Hall–Kier alpha value is -1.75. The van der Waals surface area contributed by atoms with Gasteiger partial charge in [0.05, 0.1) is 12.3 Å². The Morgan fingerprint density at radius 1 is 1.43 bits per heavy atom. The second-order valence-corrected chi connectivity index (χ2v) is 2.76. The van der Waals surface area contributed by atoms with Gasteiger partial charge in [0, 0.05) is 19.5 Å². The predicted molar refractivity (Wildman–Crippen MR) is 50.3 cm³/mol. The van der Waals surface area contributed by atoms with Crippen LogP contribution in [0.2, 0.25) is 0 Å². The van der Waals surface area contributed by atoms with Crippen LogP contribution >= 0.6 is 0 Å². The fourth-order valence-electron chi connectivity index (χ4n) is 1.13. The third-order valence-electron chi connectivity index (χ3n) is 1.74. The summed E-state index contributed by atoms with van der Waals surface area (Å²) in [6.45, 7) is 0.486. The summed E-state index contributed by atoms with van der Waals surface area (Å²) in [5.74, 6) is 0.612. The third-order valence-corrected chi connectivity index (χ3v) is 1.74. The molecule has 2 aromatic rings. The average molecular weight is 190 g/mol. The van der Waals surface area contributed by atoms with Crippen LogP contribution in [0.25, 0.3) is 11.5 Å². The van der Waals surface area contributed by atoms with Gasteiger partial charge in [0.25, 0.3) is 0 Å². The van der Waals surface area contributed by atoms with E-state index in [-0.39, 0.29) is 0 Å². The standard InChI is InChI=1S/C9H10N4O/c1-14-6-7-2-4-10-9(12-7)8-3-5-11-13-8/h2-5H,6H2,1H3,(H,11,13). The van der Waals surface area contributed by atoms with E-state index in [0.717, 1.165) is 11.4 Å². The van der Waals surface area contributed by atoms with Crippen molar-refractivity contribution in [1.82, 2.24) is 20.2 Å². The van der Waals surface area contributed by atoms with Crippen molar-refractivity contribution in [3.8, 4) is 11.5 Å². The van der Waals surface area contributed by atoms with Crippen LogP contribution in [-0.4, -0.2) is 27.3 Å². The molecule has 5 heteroatoms. The molecular formula is C9H10N4O. The van der Waals surface area contributed by atoms with E-state index in [1.165, 1.54) is 0 Å². The maximum atomic E-state index is 4.98. The molecular weight excluding hydrogens is 180 g/mol. The zero-order valence-corrected chi connectivity index (χ0v) is 7.77. The van der Waals surface area contributed by atoms with Gasteiger partial charge in [-0.15, -0.1) is 0 Å². The largest absolute Gasteiger partial charge is 0.378 e. The molecule has 5 nitrogen and oxygen atoms in total. The van der Waals surface area contributed by atoms with Crippen molar-refractivity contribution in [2.45, 2.75) is 6.61 Å². The maximum absolute atomic E-state index is 4.98. The number of methoxy groups -OCH3 is 1. The molecule has 0 radical (unpaired) electrons. The zero-order valence-electron chi connectivity index (χ0n) is 7.77. The van der Waals surface area contributed by atoms with E-state index in [1.807, 2.05) is 12.1 Å². The molecule has 0 aliphatic rings. The molecule has 0 aliphatic carbocycles. The van der Waals surface area contributed by atoms with Crippen molar-refractivity contribution in [3.63, 3.8) is 0 Å². The summed E-state index contributed by atoms with van der Waals surface area (Å²) in [5.41, 5.74) is 1.59. The molecule has 0 fully saturated rings. The van der Waals surface area contributed by atoms with Crippen molar-refractivity contribution < 1.29 is 4.74 Å². The molecule has 2 aromatic heterocycles. The van der Waals surface area contributed by atoms with Crippen LogP contribution < -0.4 is 0 Å². The van der Waals surface area contributed by atoms with E-state index < -0.39 is 0 Å². The van der Waals surface area contributed by atoms with Crippen molar-refractivity contribution in [2.75, 3.05) is 7.11 Å². The first-order valence-electron chi connectivity index (χ1n) is 4.21. The molecule has 0 amide bonds. The summed E-state index contributed by atoms with van der Waals surface area (Å²) >= 11 is 0. The van der Waals surface area contributed by atoms with Crippen LogP contribution in [0.1, 0.15) is 5.69 Å². The molecule has 0 atom stereocenters. The smallest absolute Gasteiger partial charge is 0.180 e. The normalized spacial score (nSPS) is 10.4. The Morgan fingerprint density at radius 3 is 3.07 bits per heavy atom. The van der Waals surface area contributed by atoms with Crippen molar-refractivity contribution in [3.05, 3.63) is 30.2 Å². The molecule has 0 saturated carbocycles. The molecule has 0 saturated heterocycles. The van der Waals surface area contributed by atoms with Crippen LogP contribution in [0.5, 0.6) is 0 Å². The van der Waals surface area contributed by atoms with Gasteiger partial charge >= 0.3 is 0 Å². The maximum Gasteiger partial charge on any atom is 0.180 e. The molecule has 0 spiro atoms. The topological polar surface area (TPSA) is 63.7 Å². The van der Waals surface area contributed by atoms with E-state index in [0.29, 0.717) is 12.4 Å². The first-order chi connectivity index (χ1) is 6.90. The van der Waals surface area contributed by atoms with Gasteiger partial charge in [0.1, 0.15) is 5.69 Å². The van der Waals surface area contributed by atoms with Gasteiger partial charge in [-0.25, -0.2) is 9.97 Å². The van der Waals surface area contributed by atoms with E-state index in [2.05, 4.69) is 20.2 Å². The average Bonchev–Trinajstić information content (AvgIpc) is 2.71. The highest BCUT2D eigenvalue weighted by atomic mass is 16.5. The van der Waals surface area contributed by atoms with E-state index in [4.69, 9.17) is 4.74 Å². The van der Waals surface area contributed by atoms with Gasteiger partial charge in [0.2, 0.25) is 0 Å². The number of rotatable bonds is 3. The fourth-order valence-corrected chi connectivity index (χ4v) is 1.13. The number of ether oxygens (including phenoxy) is 1. The second-order valence-electron chi connectivity index (χ2n) is 2.76. The lowest BCUT2D eigenvalue weighted by molar-refractivity contribution is 0.181. The Kier molecular flexibility index (Phi) is 2.51. The lowest BCUT2D eigenvalue weighted by Crippen LogP contribution is -1.96. The molecule has 14 heavy (non-hydrogen) atoms. The fraction of sp³-hybridized carbons (Fsp3) is 0.222. The highest BCUT2D eigenvalue weighted by Gasteiger charge is 2.03. The van der Waals surface area contributed by atoms with Gasteiger partial charge in [-0.2, -0.15) is 5.10 Å². The van der Waals surface area contributed by atoms with Crippen LogP contribution in [-0.2, 0) is 11.3 Å². The van der Waals surface area contributed by atoms with Gasteiger partial charge in [-0.1, -0.05) is 0 Å². The summed E-state index contributed by atoms with van der Waals surface area (Å²) in [7, 11) is 1.64. The van der Waals surface area contributed by atoms with Crippen molar-refractivity contribution in [2.24, 2.45) is 0 Å². The summed E-state index contributed by atoms with van der Waals surface area (Å²) < 4.78 is 4.98. The minimum Gasteiger partial charge on any atom is -0.378 e. The number of aromatic nitrogens is 4. The summed E-state index contributed by atoms with van der Waals surface area (Å²) in [5, 5.41) is 6.72. The Morgan fingerprint density at radius 2 is 2.36 bits per heavy atom. The first-order valence-corrected chi connectivity index (χ1v) is 4.21. The molecule has 72 valence electrons. The van der Waals surface area contributed by atoms with Crippen LogP contribution in [0.4, 0.5) is 0 Å². The molecule has 2 rings (SSSR count). The lowest BCUT2D eigenvalue weighted by Gasteiger charge is -1.99. The second kappa shape index (κ2) is 3.97. The number of aromatic amines is 1. The molecule has 0 bridgehead atoms. The zero-order chi connectivity index (χ0) is 9.80. The molecule has 0 unspecified atom stereocenters. The quantitative estimate of drug-likeness (QED) is 0.784. The van der Waals surface area contributed by atoms with Crippen LogP contribution in [0, 0.1) is 0 Å². The highest BCUT2D eigenvalue weighted by molar-refractivity contribution is 5.47. The van der Waals surface area contributed by atoms with Crippen molar-refractivity contribution in [1.29, 1.82) is 0 Å². The third kappa shape index (κ3) is 1.77. The van der Waals surface area contributed by atoms with Crippen molar-refractivity contribution >= 4 is 0 Å². The number of hydrogen-bond donors (Lipinski definition) is 1. The number of nitrogens with one attached hydrogen (secondary N) is 1. The molecule has 0 aliphatic heterocycles. The first kappa shape index (κ1) is 8.83. The summed E-state index contributed by atoms with van der Waals surface area (Å²) in [4.78, 5) is 8.40. The Bertz CT molecular complexity index is 399. The minimum atomic E-state index is 0.486. The van der Waals surface area contributed by atoms with Gasteiger partial charge in [0.15, 0.2) is 5.82 Å². The minimum absolute atomic E-state index is 0.486. The van der Waals surface area contributed by atoms with E-state index in [9.17, 15) is 0 Å². The highest BCUT2D eigenvalue weighted by Crippen LogP contribution is 2.10. The van der Waals surface area contributed by atoms with E-state index >= 15 is 0 Å². The number of H-pyrrole nitrogens is 1. The van der Waals surface area contributed by atoms with E-state index in [1.54, 1.807) is 19.5 Å². The Labute approximate surface area is 81.2 Å². The molecule has 0 aromatic carbocycles. The van der Waals surface area contributed by atoms with Gasteiger partial charge in [-0.05, 0) is 12.1 Å². The number of nitrogens with zero attached hydrogens (tertiary/aromatic N) is 3. The van der Waals surface area contributed by atoms with Gasteiger partial charge < -0.3 is 4.74 Å². The van der Waals surface area contributed by atoms with Gasteiger partial charge in [-0.3, -0.25) is 5.10 Å². The SMILES string of the molecule is COCc1ccnc(-c2cc[nH]n2)n1. The lowest BCUT2D eigenvalue weighted by atomic mass is 10.3. The van der Waals surface area contributed by atoms with Crippen LogP contribution in [0.15, 0.2) is 24.5 Å². The monoisotopic (exact) mass is 190 g/mol. The molecule has 1 N–H and O–H groups in total. The predicted octanol–water partition coefficient (Wildman–Crippen LogP) is 1.01. The summed E-state index contributed by atoms with van der Waals surface area (Å²) in [6.07, 6.45) is 3.44.